The van der Waals surface area contributed by atoms with Crippen molar-refractivity contribution in [3.63, 3.8) is 0 Å². The minimum atomic E-state index is -0.416. The standard InChI is InChI=1S/C15H14BrFN2O/c1-9-3-6-14(18-2)11(7-9)15(20)19-10-4-5-12(16)13(17)8-10/h3-8,18H,1-2H3,(H,19,20). The van der Waals surface area contributed by atoms with E-state index in [1.807, 2.05) is 19.1 Å². The molecular formula is C15H14BrFN2O. The number of carbonyl (C=O) groups is 1. The summed E-state index contributed by atoms with van der Waals surface area (Å²) in [5.74, 6) is -0.694. The van der Waals surface area contributed by atoms with Crippen LogP contribution in [0.15, 0.2) is 40.9 Å². The minimum absolute atomic E-state index is 0.278. The Bertz CT molecular complexity index is 658. The fourth-order valence-corrected chi connectivity index (χ4v) is 2.08. The first-order valence-electron chi connectivity index (χ1n) is 6.06. The molecule has 0 unspecified atom stereocenters. The van der Waals surface area contributed by atoms with E-state index < -0.39 is 5.82 Å². The van der Waals surface area contributed by atoms with Gasteiger partial charge in [-0.1, -0.05) is 11.6 Å². The summed E-state index contributed by atoms with van der Waals surface area (Å²) in [7, 11) is 1.75. The lowest BCUT2D eigenvalue weighted by molar-refractivity contribution is 0.102. The molecule has 0 bridgehead atoms. The number of rotatable bonds is 3. The summed E-state index contributed by atoms with van der Waals surface area (Å²) in [6.45, 7) is 1.91. The second-order valence-corrected chi connectivity index (χ2v) is 5.24. The Morgan fingerprint density at radius 2 is 1.95 bits per heavy atom. The van der Waals surface area contributed by atoms with E-state index in [4.69, 9.17) is 0 Å². The Morgan fingerprint density at radius 3 is 2.60 bits per heavy atom. The number of carbonyl (C=O) groups excluding carboxylic acids is 1. The van der Waals surface area contributed by atoms with Gasteiger partial charge in [-0.05, 0) is 53.2 Å². The average molecular weight is 337 g/mol. The van der Waals surface area contributed by atoms with Gasteiger partial charge in [-0.25, -0.2) is 4.39 Å². The predicted molar refractivity (Wildman–Crippen MR) is 82.8 cm³/mol. The maximum atomic E-state index is 13.4. The zero-order valence-electron chi connectivity index (χ0n) is 11.1. The molecule has 2 aromatic carbocycles. The molecule has 2 N–H and O–H groups in total. The lowest BCUT2D eigenvalue weighted by Crippen LogP contribution is -2.14. The van der Waals surface area contributed by atoms with Crippen LogP contribution in [0.3, 0.4) is 0 Å². The molecule has 3 nitrogen and oxygen atoms in total. The van der Waals surface area contributed by atoms with Gasteiger partial charge in [-0.2, -0.15) is 0 Å². The first-order valence-corrected chi connectivity index (χ1v) is 6.85. The highest BCUT2D eigenvalue weighted by atomic mass is 79.9. The number of hydrogen-bond acceptors (Lipinski definition) is 2. The maximum absolute atomic E-state index is 13.4. The summed E-state index contributed by atoms with van der Waals surface area (Å²) in [4.78, 5) is 12.3. The molecule has 2 rings (SSSR count). The second-order valence-electron chi connectivity index (χ2n) is 4.38. The quantitative estimate of drug-likeness (QED) is 0.882. The van der Waals surface area contributed by atoms with E-state index in [-0.39, 0.29) is 5.91 Å². The van der Waals surface area contributed by atoms with Gasteiger partial charge in [0.2, 0.25) is 0 Å². The highest BCUT2D eigenvalue weighted by molar-refractivity contribution is 9.10. The van der Waals surface area contributed by atoms with Crippen molar-refractivity contribution >= 4 is 33.2 Å². The Balaban J connectivity index is 2.27. The maximum Gasteiger partial charge on any atom is 0.257 e. The van der Waals surface area contributed by atoms with Crippen molar-refractivity contribution in [3.05, 3.63) is 57.8 Å². The van der Waals surface area contributed by atoms with Crippen LogP contribution in [-0.2, 0) is 0 Å². The van der Waals surface area contributed by atoms with Crippen LogP contribution in [0.5, 0.6) is 0 Å². The summed E-state index contributed by atoms with van der Waals surface area (Å²) in [5.41, 5.74) is 2.65. The molecule has 0 saturated heterocycles. The predicted octanol–water partition coefficient (Wildman–Crippen LogP) is 4.19. The van der Waals surface area contributed by atoms with Gasteiger partial charge in [0.15, 0.2) is 0 Å². The monoisotopic (exact) mass is 336 g/mol. The van der Waals surface area contributed by atoms with Gasteiger partial charge in [0.05, 0.1) is 10.0 Å². The van der Waals surface area contributed by atoms with Crippen LogP contribution in [0.1, 0.15) is 15.9 Å². The Hall–Kier alpha value is -1.88. The van der Waals surface area contributed by atoms with Crippen molar-refractivity contribution in [1.29, 1.82) is 0 Å². The molecule has 0 aliphatic heterocycles. The molecule has 0 spiro atoms. The molecule has 0 radical (unpaired) electrons. The first kappa shape index (κ1) is 14.5. The zero-order valence-corrected chi connectivity index (χ0v) is 12.7. The van der Waals surface area contributed by atoms with E-state index in [1.54, 1.807) is 25.2 Å². The Kier molecular flexibility index (Phi) is 4.39. The third-order valence-electron chi connectivity index (χ3n) is 2.87. The Labute approximate surface area is 125 Å². The fraction of sp³-hybridized carbons (Fsp3) is 0.133. The zero-order chi connectivity index (χ0) is 14.7. The van der Waals surface area contributed by atoms with Gasteiger partial charge in [0, 0.05) is 18.4 Å². The molecule has 1 amide bonds. The molecule has 0 aromatic heterocycles. The topological polar surface area (TPSA) is 41.1 Å². The molecule has 0 aliphatic rings. The van der Waals surface area contributed by atoms with Crippen molar-refractivity contribution in [3.8, 4) is 0 Å². The molecule has 5 heteroatoms. The lowest BCUT2D eigenvalue weighted by atomic mass is 10.1. The van der Waals surface area contributed by atoms with Crippen LogP contribution in [0.4, 0.5) is 15.8 Å². The van der Waals surface area contributed by atoms with Gasteiger partial charge >= 0.3 is 0 Å². The van der Waals surface area contributed by atoms with Crippen LogP contribution in [0.2, 0.25) is 0 Å². The van der Waals surface area contributed by atoms with Crippen molar-refractivity contribution in [1.82, 2.24) is 0 Å². The number of nitrogens with one attached hydrogen (secondary N) is 2. The van der Waals surface area contributed by atoms with Crippen LogP contribution >= 0.6 is 15.9 Å². The number of hydrogen-bond donors (Lipinski definition) is 2. The van der Waals surface area contributed by atoms with E-state index in [0.29, 0.717) is 15.7 Å². The van der Waals surface area contributed by atoms with Crippen LogP contribution in [0, 0.1) is 12.7 Å². The van der Waals surface area contributed by atoms with Gasteiger partial charge in [-0.3, -0.25) is 4.79 Å². The van der Waals surface area contributed by atoms with Crippen LogP contribution in [-0.4, -0.2) is 13.0 Å². The summed E-state index contributed by atoms with van der Waals surface area (Å²) < 4.78 is 13.8. The molecule has 0 saturated carbocycles. The molecule has 0 heterocycles. The SMILES string of the molecule is CNc1ccc(C)cc1C(=O)Nc1ccc(Br)c(F)c1. The number of benzene rings is 2. The van der Waals surface area contributed by atoms with Crippen LogP contribution in [0.25, 0.3) is 0 Å². The van der Waals surface area contributed by atoms with Gasteiger partial charge in [-0.15, -0.1) is 0 Å². The molecular weight excluding hydrogens is 323 g/mol. The minimum Gasteiger partial charge on any atom is -0.387 e. The molecule has 0 fully saturated rings. The van der Waals surface area contributed by atoms with E-state index in [1.165, 1.54) is 6.07 Å². The number of anilines is 2. The highest BCUT2D eigenvalue weighted by Crippen LogP contribution is 2.22. The third kappa shape index (κ3) is 3.17. The molecule has 20 heavy (non-hydrogen) atoms. The summed E-state index contributed by atoms with van der Waals surface area (Å²) in [6.07, 6.45) is 0. The lowest BCUT2D eigenvalue weighted by Gasteiger charge is -2.11. The first-order chi connectivity index (χ1) is 9.51. The smallest absolute Gasteiger partial charge is 0.257 e. The normalized spacial score (nSPS) is 10.2. The summed E-state index contributed by atoms with van der Waals surface area (Å²) in [6, 6.07) is 10.0. The fourth-order valence-electron chi connectivity index (χ4n) is 1.84. The summed E-state index contributed by atoms with van der Waals surface area (Å²) >= 11 is 3.08. The third-order valence-corrected chi connectivity index (χ3v) is 3.51. The van der Waals surface area contributed by atoms with E-state index in [2.05, 4.69) is 26.6 Å². The molecule has 0 atom stereocenters. The van der Waals surface area contributed by atoms with E-state index in [0.717, 1.165) is 11.3 Å². The second kappa shape index (κ2) is 6.05. The molecule has 2 aromatic rings. The number of amides is 1. The van der Waals surface area contributed by atoms with Crippen LogP contribution < -0.4 is 10.6 Å². The summed E-state index contributed by atoms with van der Waals surface area (Å²) in [5, 5.41) is 5.66. The largest absolute Gasteiger partial charge is 0.387 e. The highest BCUT2D eigenvalue weighted by Gasteiger charge is 2.12. The number of aryl methyl sites for hydroxylation is 1. The van der Waals surface area contributed by atoms with Crippen molar-refractivity contribution < 1.29 is 9.18 Å². The van der Waals surface area contributed by atoms with Crippen molar-refractivity contribution in [2.75, 3.05) is 17.7 Å². The van der Waals surface area contributed by atoms with Crippen molar-refractivity contribution in [2.24, 2.45) is 0 Å². The van der Waals surface area contributed by atoms with Crippen molar-refractivity contribution in [2.45, 2.75) is 6.92 Å². The van der Waals surface area contributed by atoms with E-state index >= 15 is 0 Å². The van der Waals surface area contributed by atoms with Gasteiger partial charge in [0.1, 0.15) is 5.82 Å². The van der Waals surface area contributed by atoms with E-state index in [9.17, 15) is 9.18 Å². The van der Waals surface area contributed by atoms with Gasteiger partial charge in [0.25, 0.3) is 5.91 Å². The Morgan fingerprint density at radius 1 is 1.20 bits per heavy atom. The average Bonchev–Trinajstić information content (AvgIpc) is 2.43. The molecule has 0 aliphatic carbocycles. The number of halogens is 2. The van der Waals surface area contributed by atoms with Gasteiger partial charge < -0.3 is 10.6 Å². The molecule has 104 valence electrons.